The summed E-state index contributed by atoms with van der Waals surface area (Å²) in [5, 5.41) is 10.4. The number of hydrogen-bond acceptors (Lipinski definition) is 5. The van der Waals surface area contributed by atoms with Crippen LogP contribution in [0.5, 0.6) is 0 Å². The zero-order valence-electron chi connectivity index (χ0n) is 12.1. The largest absolute Gasteiger partial charge is 0.317 e. The van der Waals surface area contributed by atoms with E-state index in [9.17, 15) is 4.79 Å². The molecule has 0 atom stereocenters. The fraction of sp³-hybridized carbons (Fsp3) is 0.714. The monoisotopic (exact) mass is 330 g/mol. The lowest BCUT2D eigenvalue weighted by molar-refractivity contribution is -0.120. The molecule has 0 saturated carbocycles. The summed E-state index contributed by atoms with van der Waals surface area (Å²) in [4.78, 5) is 17.9. The van der Waals surface area contributed by atoms with Crippen molar-refractivity contribution in [3.05, 3.63) is 11.1 Å². The maximum absolute atomic E-state index is 12.2. The summed E-state index contributed by atoms with van der Waals surface area (Å²) in [6, 6.07) is 0. The molecule has 2 aliphatic heterocycles. The van der Waals surface area contributed by atoms with Gasteiger partial charge in [0.1, 0.15) is 0 Å². The number of rotatable bonds is 3. The Morgan fingerprint density at radius 3 is 2.43 bits per heavy atom. The second-order valence-corrected chi connectivity index (χ2v) is 6.67. The summed E-state index contributed by atoms with van der Waals surface area (Å²) in [6.07, 6.45) is 6.14. The molecule has 7 heteroatoms. The Hall–Kier alpha value is -0.690. The van der Waals surface area contributed by atoms with Gasteiger partial charge < -0.3 is 16.0 Å². The Bertz CT molecular complexity index is 456. The molecule has 0 unspecified atom stereocenters. The lowest BCUT2D eigenvalue weighted by Gasteiger charge is -2.21. The van der Waals surface area contributed by atoms with E-state index in [2.05, 4.69) is 20.9 Å². The quantitative estimate of drug-likeness (QED) is 0.792. The van der Waals surface area contributed by atoms with Crippen LogP contribution in [0.1, 0.15) is 36.5 Å². The number of thiazole rings is 1. The minimum Gasteiger partial charge on any atom is -0.317 e. The van der Waals surface area contributed by atoms with Gasteiger partial charge in [-0.05, 0) is 57.8 Å². The third-order valence-corrected chi connectivity index (χ3v) is 5.28. The molecule has 21 heavy (non-hydrogen) atoms. The van der Waals surface area contributed by atoms with Gasteiger partial charge in [0.15, 0.2) is 5.13 Å². The minimum absolute atomic E-state index is 0. The summed E-state index contributed by atoms with van der Waals surface area (Å²) in [5.74, 6) is 0.887. The molecule has 3 rings (SSSR count). The Morgan fingerprint density at radius 2 is 1.76 bits per heavy atom. The van der Waals surface area contributed by atoms with Gasteiger partial charge in [-0.1, -0.05) is 0 Å². The van der Waals surface area contributed by atoms with Gasteiger partial charge >= 0.3 is 0 Å². The van der Waals surface area contributed by atoms with E-state index in [1.165, 1.54) is 17.7 Å². The van der Waals surface area contributed by atoms with E-state index < -0.39 is 0 Å². The highest BCUT2D eigenvalue weighted by molar-refractivity contribution is 7.15. The molecular weight excluding hydrogens is 308 g/mol. The van der Waals surface area contributed by atoms with Crippen LogP contribution in [0, 0.1) is 5.92 Å². The van der Waals surface area contributed by atoms with Crippen molar-refractivity contribution in [3.8, 4) is 0 Å². The van der Waals surface area contributed by atoms with Crippen LogP contribution < -0.4 is 16.0 Å². The standard InChI is InChI=1S/C14H22N4OS.ClH/c19-13(11-3-7-16-8-4-11)18-14-17-9-12(20-14)10-1-5-15-6-2-10;/h9-11,15-16H,1-8H2,(H,17,18,19);1H. The molecule has 1 amide bonds. The second kappa shape index (κ2) is 8.08. The van der Waals surface area contributed by atoms with Gasteiger partial charge in [0.2, 0.25) is 5.91 Å². The van der Waals surface area contributed by atoms with Crippen LogP contribution in [0.25, 0.3) is 0 Å². The molecule has 0 spiro atoms. The first-order valence-corrected chi connectivity index (χ1v) is 8.32. The fourth-order valence-corrected chi connectivity index (χ4v) is 3.92. The van der Waals surface area contributed by atoms with Gasteiger partial charge in [0.05, 0.1) is 0 Å². The molecule has 1 aromatic rings. The van der Waals surface area contributed by atoms with Gasteiger partial charge in [-0.15, -0.1) is 23.7 Å². The van der Waals surface area contributed by atoms with E-state index in [1.807, 2.05) is 6.20 Å². The highest BCUT2D eigenvalue weighted by atomic mass is 35.5. The van der Waals surface area contributed by atoms with Crippen LogP contribution in [0.4, 0.5) is 5.13 Å². The van der Waals surface area contributed by atoms with Gasteiger partial charge in [-0.2, -0.15) is 0 Å². The number of piperidine rings is 2. The minimum atomic E-state index is 0. The Morgan fingerprint density at radius 1 is 1.14 bits per heavy atom. The number of carbonyl (C=O) groups is 1. The summed E-state index contributed by atoms with van der Waals surface area (Å²) >= 11 is 1.65. The van der Waals surface area contributed by atoms with Crippen LogP contribution in [0.3, 0.4) is 0 Å². The Balaban J connectivity index is 0.00000161. The Kier molecular flexibility index (Phi) is 6.41. The first-order chi connectivity index (χ1) is 9.83. The van der Waals surface area contributed by atoms with Crippen LogP contribution in [0.15, 0.2) is 6.20 Å². The number of nitrogens with one attached hydrogen (secondary N) is 3. The predicted molar refractivity (Wildman–Crippen MR) is 88.4 cm³/mol. The van der Waals surface area contributed by atoms with Gasteiger partial charge in [-0.3, -0.25) is 4.79 Å². The average Bonchev–Trinajstić information content (AvgIpc) is 2.97. The SMILES string of the molecule is Cl.O=C(Nc1ncc(C2CCNCC2)s1)C1CCNCC1. The topological polar surface area (TPSA) is 66.0 Å². The molecule has 5 nitrogen and oxygen atoms in total. The molecule has 0 radical (unpaired) electrons. The maximum Gasteiger partial charge on any atom is 0.229 e. The zero-order valence-corrected chi connectivity index (χ0v) is 13.7. The van der Waals surface area contributed by atoms with Gasteiger partial charge in [0, 0.05) is 17.0 Å². The van der Waals surface area contributed by atoms with Crippen molar-refractivity contribution in [3.63, 3.8) is 0 Å². The van der Waals surface area contributed by atoms with E-state index in [0.29, 0.717) is 5.92 Å². The number of hydrogen-bond donors (Lipinski definition) is 3. The smallest absolute Gasteiger partial charge is 0.229 e. The maximum atomic E-state index is 12.2. The van der Waals surface area contributed by atoms with Crippen molar-refractivity contribution in [1.82, 2.24) is 15.6 Å². The first-order valence-electron chi connectivity index (χ1n) is 7.51. The van der Waals surface area contributed by atoms with E-state index in [0.717, 1.165) is 44.2 Å². The molecule has 2 aliphatic rings. The number of nitrogens with zero attached hydrogens (tertiary/aromatic N) is 1. The van der Waals surface area contributed by atoms with Crippen molar-refractivity contribution >= 4 is 34.8 Å². The summed E-state index contributed by atoms with van der Waals surface area (Å²) < 4.78 is 0. The summed E-state index contributed by atoms with van der Waals surface area (Å²) in [5.41, 5.74) is 0. The average molecular weight is 331 g/mol. The number of carbonyl (C=O) groups excluding carboxylic acids is 1. The highest BCUT2D eigenvalue weighted by Gasteiger charge is 2.23. The van der Waals surface area contributed by atoms with E-state index in [4.69, 9.17) is 0 Å². The van der Waals surface area contributed by atoms with Crippen LogP contribution in [-0.4, -0.2) is 37.1 Å². The van der Waals surface area contributed by atoms with Crippen molar-refractivity contribution in [2.75, 3.05) is 31.5 Å². The Labute approximate surface area is 135 Å². The number of halogens is 1. The zero-order chi connectivity index (χ0) is 13.8. The third kappa shape index (κ3) is 4.39. The number of aromatic nitrogens is 1. The highest BCUT2D eigenvalue weighted by Crippen LogP contribution is 2.32. The third-order valence-electron chi connectivity index (χ3n) is 4.21. The van der Waals surface area contributed by atoms with Crippen LogP contribution >= 0.6 is 23.7 Å². The lowest BCUT2D eigenvalue weighted by atomic mass is 9.97. The van der Waals surface area contributed by atoms with Gasteiger partial charge in [-0.25, -0.2) is 4.98 Å². The van der Waals surface area contributed by atoms with E-state index in [1.54, 1.807) is 11.3 Å². The summed E-state index contributed by atoms with van der Waals surface area (Å²) in [6.45, 7) is 4.05. The lowest BCUT2D eigenvalue weighted by Crippen LogP contribution is -2.34. The molecule has 3 N–H and O–H groups in total. The molecule has 118 valence electrons. The van der Waals surface area contributed by atoms with Crippen molar-refractivity contribution < 1.29 is 4.79 Å². The van der Waals surface area contributed by atoms with Crippen molar-refractivity contribution in [2.45, 2.75) is 31.6 Å². The normalized spacial score (nSPS) is 20.8. The molecule has 0 bridgehead atoms. The first kappa shape index (κ1) is 16.7. The molecule has 3 heterocycles. The fourth-order valence-electron chi connectivity index (χ4n) is 2.93. The molecule has 1 aromatic heterocycles. The molecule has 2 saturated heterocycles. The van der Waals surface area contributed by atoms with Crippen molar-refractivity contribution in [1.29, 1.82) is 0 Å². The number of amides is 1. The molecule has 0 aliphatic carbocycles. The van der Waals surface area contributed by atoms with Crippen molar-refractivity contribution in [2.24, 2.45) is 5.92 Å². The summed E-state index contributed by atoms with van der Waals surface area (Å²) in [7, 11) is 0. The predicted octanol–water partition coefficient (Wildman–Crippen LogP) is 1.97. The second-order valence-electron chi connectivity index (χ2n) is 5.61. The van der Waals surface area contributed by atoms with E-state index >= 15 is 0 Å². The molecular formula is C14H23ClN4OS. The molecule has 2 fully saturated rings. The number of anilines is 1. The van der Waals surface area contributed by atoms with Gasteiger partial charge in [0.25, 0.3) is 0 Å². The van der Waals surface area contributed by atoms with Crippen LogP contribution in [0.2, 0.25) is 0 Å². The van der Waals surface area contributed by atoms with E-state index in [-0.39, 0.29) is 24.2 Å². The van der Waals surface area contributed by atoms with Crippen LogP contribution in [-0.2, 0) is 4.79 Å². The molecule has 0 aromatic carbocycles.